The number of urea groups is 1. The Morgan fingerprint density at radius 2 is 2.35 bits per heavy atom. The molecule has 7 heteroatoms. The first kappa shape index (κ1) is 15.5. The van der Waals surface area contributed by atoms with Crippen LogP contribution >= 0.6 is 0 Å². The maximum Gasteiger partial charge on any atom is 0.317 e. The van der Waals surface area contributed by atoms with Crippen LogP contribution in [0.4, 0.5) is 9.18 Å². The van der Waals surface area contributed by atoms with Crippen LogP contribution in [-0.4, -0.2) is 38.8 Å². The average molecular weight is 317 g/mol. The molecule has 1 aliphatic rings. The van der Waals surface area contributed by atoms with E-state index in [0.29, 0.717) is 13.1 Å². The molecule has 2 heterocycles. The highest BCUT2D eigenvalue weighted by Crippen LogP contribution is 2.24. The average Bonchev–Trinajstić information content (AvgIpc) is 2.99. The molecule has 122 valence electrons. The second kappa shape index (κ2) is 6.76. The minimum Gasteiger partial charge on any atom is -0.334 e. The lowest BCUT2D eigenvalue weighted by Crippen LogP contribution is -2.45. The minimum atomic E-state index is -0.294. The number of aryl methyl sites for hydroxylation is 1. The van der Waals surface area contributed by atoms with Crippen molar-refractivity contribution in [2.45, 2.75) is 25.3 Å². The summed E-state index contributed by atoms with van der Waals surface area (Å²) in [6.07, 6.45) is 3.61. The monoisotopic (exact) mass is 317 g/mol. The van der Waals surface area contributed by atoms with Gasteiger partial charge in [-0.05, 0) is 30.5 Å². The summed E-state index contributed by atoms with van der Waals surface area (Å²) in [5.41, 5.74) is 0.750. The largest absolute Gasteiger partial charge is 0.334 e. The van der Waals surface area contributed by atoms with E-state index in [1.54, 1.807) is 23.4 Å². The second-order valence-corrected chi connectivity index (χ2v) is 5.87. The molecule has 2 amide bonds. The molecule has 0 spiro atoms. The van der Waals surface area contributed by atoms with Gasteiger partial charge in [0.2, 0.25) is 0 Å². The van der Waals surface area contributed by atoms with Gasteiger partial charge in [-0.25, -0.2) is 9.18 Å². The van der Waals surface area contributed by atoms with Gasteiger partial charge in [0.15, 0.2) is 0 Å². The second-order valence-electron chi connectivity index (χ2n) is 5.87. The van der Waals surface area contributed by atoms with Gasteiger partial charge in [-0.15, -0.1) is 10.2 Å². The number of amides is 2. The number of aromatic nitrogens is 3. The molecule has 1 saturated heterocycles. The summed E-state index contributed by atoms with van der Waals surface area (Å²) in [6.45, 7) is 1.67. The molecule has 0 saturated carbocycles. The molecular weight excluding hydrogens is 297 g/mol. The van der Waals surface area contributed by atoms with Gasteiger partial charge in [0.05, 0.1) is 0 Å². The lowest BCUT2D eigenvalue weighted by atomic mass is 9.97. The summed E-state index contributed by atoms with van der Waals surface area (Å²) in [4.78, 5) is 14.1. The molecule has 0 radical (unpaired) electrons. The molecule has 1 unspecified atom stereocenters. The molecule has 1 aromatic heterocycles. The zero-order chi connectivity index (χ0) is 16.2. The Kier molecular flexibility index (Phi) is 4.55. The highest BCUT2D eigenvalue weighted by molar-refractivity contribution is 5.74. The first-order chi connectivity index (χ1) is 11.1. The standard InChI is InChI=1S/C16H20FN5O/c1-21-11-19-20-15(21)13-5-3-7-22(10-13)16(23)18-9-12-4-2-6-14(17)8-12/h2,4,6,8,11,13H,3,5,7,9-10H2,1H3,(H,18,23). The first-order valence-corrected chi connectivity index (χ1v) is 7.74. The molecule has 23 heavy (non-hydrogen) atoms. The number of nitrogens with zero attached hydrogens (tertiary/aromatic N) is 4. The van der Waals surface area contributed by atoms with E-state index in [2.05, 4.69) is 15.5 Å². The summed E-state index contributed by atoms with van der Waals surface area (Å²) in [5, 5.41) is 10.9. The van der Waals surface area contributed by atoms with Gasteiger partial charge in [0.1, 0.15) is 18.0 Å². The topological polar surface area (TPSA) is 63.1 Å². The lowest BCUT2D eigenvalue weighted by Gasteiger charge is -2.32. The zero-order valence-corrected chi connectivity index (χ0v) is 13.1. The Hall–Kier alpha value is -2.44. The number of hydrogen-bond donors (Lipinski definition) is 1. The maximum atomic E-state index is 13.2. The quantitative estimate of drug-likeness (QED) is 0.942. The predicted octanol–water partition coefficient (Wildman–Crippen LogP) is 2.04. The number of halogens is 1. The number of carbonyl (C=O) groups is 1. The van der Waals surface area contributed by atoms with Crippen LogP contribution < -0.4 is 5.32 Å². The normalized spacial score (nSPS) is 18.0. The molecular formula is C16H20FN5O. The van der Waals surface area contributed by atoms with E-state index in [1.807, 2.05) is 11.6 Å². The van der Waals surface area contributed by atoms with Gasteiger partial charge >= 0.3 is 6.03 Å². The smallest absolute Gasteiger partial charge is 0.317 e. The fraction of sp³-hybridized carbons (Fsp3) is 0.438. The number of piperidine rings is 1. The van der Waals surface area contributed by atoms with Crippen molar-refractivity contribution >= 4 is 6.03 Å². The van der Waals surface area contributed by atoms with Gasteiger partial charge in [-0.1, -0.05) is 12.1 Å². The van der Waals surface area contributed by atoms with Crippen LogP contribution in [0.1, 0.15) is 30.1 Å². The van der Waals surface area contributed by atoms with Crippen LogP contribution in [0.2, 0.25) is 0 Å². The molecule has 0 bridgehead atoms. The molecule has 1 fully saturated rings. The highest BCUT2D eigenvalue weighted by Gasteiger charge is 2.27. The molecule has 6 nitrogen and oxygen atoms in total. The van der Waals surface area contributed by atoms with Crippen molar-refractivity contribution < 1.29 is 9.18 Å². The molecule has 1 atom stereocenters. The molecule has 3 rings (SSSR count). The lowest BCUT2D eigenvalue weighted by molar-refractivity contribution is 0.177. The van der Waals surface area contributed by atoms with E-state index in [4.69, 9.17) is 0 Å². The Morgan fingerprint density at radius 1 is 1.48 bits per heavy atom. The molecule has 0 aliphatic carbocycles. The van der Waals surface area contributed by atoms with Gasteiger partial charge in [0.25, 0.3) is 0 Å². The van der Waals surface area contributed by atoms with E-state index >= 15 is 0 Å². The van der Waals surface area contributed by atoms with Crippen LogP contribution in [0.5, 0.6) is 0 Å². The first-order valence-electron chi connectivity index (χ1n) is 7.74. The van der Waals surface area contributed by atoms with Crippen LogP contribution in [-0.2, 0) is 13.6 Å². The predicted molar refractivity (Wildman–Crippen MR) is 83.2 cm³/mol. The number of benzene rings is 1. The third-order valence-corrected chi connectivity index (χ3v) is 4.15. The zero-order valence-electron chi connectivity index (χ0n) is 13.1. The fourth-order valence-electron chi connectivity index (χ4n) is 2.97. The Bertz CT molecular complexity index is 687. The van der Waals surface area contributed by atoms with Crippen molar-refractivity contribution in [1.82, 2.24) is 25.0 Å². The van der Waals surface area contributed by atoms with Crippen molar-refractivity contribution in [2.75, 3.05) is 13.1 Å². The van der Waals surface area contributed by atoms with Crippen LogP contribution in [0.25, 0.3) is 0 Å². The summed E-state index contributed by atoms with van der Waals surface area (Å²) in [7, 11) is 1.91. The number of hydrogen-bond acceptors (Lipinski definition) is 3. The summed E-state index contributed by atoms with van der Waals surface area (Å²) >= 11 is 0. The van der Waals surface area contributed by atoms with Crippen molar-refractivity contribution in [3.63, 3.8) is 0 Å². The van der Waals surface area contributed by atoms with E-state index in [1.165, 1.54) is 12.1 Å². The van der Waals surface area contributed by atoms with Gasteiger partial charge < -0.3 is 14.8 Å². The van der Waals surface area contributed by atoms with Gasteiger partial charge in [-0.3, -0.25) is 0 Å². The SMILES string of the molecule is Cn1cnnc1C1CCCN(C(=O)NCc2cccc(F)c2)C1. The Morgan fingerprint density at radius 3 is 3.09 bits per heavy atom. The molecule has 1 N–H and O–H groups in total. The van der Waals surface area contributed by atoms with Crippen LogP contribution in [0.3, 0.4) is 0 Å². The van der Waals surface area contributed by atoms with E-state index in [-0.39, 0.29) is 17.8 Å². The van der Waals surface area contributed by atoms with Crippen molar-refractivity contribution in [3.8, 4) is 0 Å². The van der Waals surface area contributed by atoms with Crippen molar-refractivity contribution in [1.29, 1.82) is 0 Å². The number of likely N-dealkylation sites (tertiary alicyclic amines) is 1. The number of carbonyl (C=O) groups excluding carboxylic acids is 1. The Balaban J connectivity index is 1.58. The molecule has 2 aromatic rings. The minimum absolute atomic E-state index is 0.124. The molecule has 1 aliphatic heterocycles. The fourth-order valence-corrected chi connectivity index (χ4v) is 2.97. The third-order valence-electron chi connectivity index (χ3n) is 4.15. The van der Waals surface area contributed by atoms with E-state index in [9.17, 15) is 9.18 Å². The number of rotatable bonds is 3. The van der Waals surface area contributed by atoms with E-state index < -0.39 is 0 Å². The third kappa shape index (κ3) is 3.67. The van der Waals surface area contributed by atoms with Crippen LogP contribution in [0, 0.1) is 5.82 Å². The Labute approximate surface area is 134 Å². The summed E-state index contributed by atoms with van der Waals surface area (Å²) in [5.74, 6) is 0.820. The number of nitrogens with one attached hydrogen (secondary N) is 1. The highest BCUT2D eigenvalue weighted by atomic mass is 19.1. The van der Waals surface area contributed by atoms with Crippen molar-refractivity contribution in [2.24, 2.45) is 7.05 Å². The van der Waals surface area contributed by atoms with Gasteiger partial charge in [-0.2, -0.15) is 0 Å². The van der Waals surface area contributed by atoms with Crippen LogP contribution in [0.15, 0.2) is 30.6 Å². The van der Waals surface area contributed by atoms with Gasteiger partial charge in [0, 0.05) is 32.6 Å². The summed E-state index contributed by atoms with van der Waals surface area (Å²) < 4.78 is 15.1. The maximum absolute atomic E-state index is 13.2. The van der Waals surface area contributed by atoms with E-state index in [0.717, 1.165) is 30.8 Å². The van der Waals surface area contributed by atoms with Crippen molar-refractivity contribution in [3.05, 3.63) is 47.8 Å². The summed E-state index contributed by atoms with van der Waals surface area (Å²) in [6, 6.07) is 6.13. The molecule has 1 aromatic carbocycles.